The van der Waals surface area contributed by atoms with E-state index in [0.717, 1.165) is 32.5 Å². The third kappa shape index (κ3) is 8.58. The number of hydrogen-bond acceptors (Lipinski definition) is 4. The van der Waals surface area contributed by atoms with Crippen LogP contribution in [-0.2, 0) is 16.0 Å². The predicted molar refractivity (Wildman–Crippen MR) is 105 cm³/mol. The number of alkyl halides is 2. The molecule has 2 rings (SSSR count). The highest BCUT2D eigenvalue weighted by molar-refractivity contribution is 6.30. The van der Waals surface area contributed by atoms with Crippen molar-refractivity contribution in [1.29, 1.82) is 0 Å². The first kappa shape index (κ1) is 22.6. The number of rotatable bonds is 10. The number of aliphatic imine (C=N–C) groups is 1. The first-order valence-corrected chi connectivity index (χ1v) is 9.91. The average molecular weight is 420 g/mol. The maximum absolute atomic E-state index is 12.6. The lowest BCUT2D eigenvalue weighted by atomic mass is 10.1. The van der Waals surface area contributed by atoms with Gasteiger partial charge in [0, 0.05) is 43.5 Å². The Morgan fingerprint density at radius 2 is 2.11 bits per heavy atom. The Kier molecular flexibility index (Phi) is 10.3. The number of nitrogens with zero attached hydrogens (tertiary/aromatic N) is 1. The Balaban J connectivity index is 1.82. The zero-order valence-corrected chi connectivity index (χ0v) is 16.8. The van der Waals surface area contributed by atoms with E-state index < -0.39 is 6.61 Å². The van der Waals surface area contributed by atoms with Gasteiger partial charge in [-0.05, 0) is 44.4 Å². The van der Waals surface area contributed by atoms with Crippen LogP contribution in [0.25, 0.3) is 0 Å². The number of halogens is 3. The van der Waals surface area contributed by atoms with Gasteiger partial charge in [0.15, 0.2) is 5.96 Å². The van der Waals surface area contributed by atoms with Gasteiger partial charge in [-0.25, -0.2) is 4.99 Å². The molecule has 0 atom stereocenters. The molecule has 9 heteroatoms. The van der Waals surface area contributed by atoms with Crippen molar-refractivity contribution < 1.29 is 23.0 Å². The summed E-state index contributed by atoms with van der Waals surface area (Å²) >= 11 is 5.97. The summed E-state index contributed by atoms with van der Waals surface area (Å²) in [6.07, 6.45) is 3.01. The molecule has 1 aliphatic rings. The maximum Gasteiger partial charge on any atom is 0.387 e. The van der Waals surface area contributed by atoms with E-state index in [1.54, 1.807) is 6.07 Å². The molecule has 1 aliphatic heterocycles. The van der Waals surface area contributed by atoms with Gasteiger partial charge in [-0.2, -0.15) is 8.78 Å². The molecule has 0 radical (unpaired) electrons. The molecule has 1 aromatic carbocycles. The zero-order chi connectivity index (χ0) is 20.2. The number of benzene rings is 1. The summed E-state index contributed by atoms with van der Waals surface area (Å²) in [4.78, 5) is 4.43. The second-order valence-corrected chi connectivity index (χ2v) is 6.73. The molecule has 0 saturated carbocycles. The highest BCUT2D eigenvalue weighted by atomic mass is 35.5. The molecule has 0 spiro atoms. The van der Waals surface area contributed by atoms with Gasteiger partial charge in [0.05, 0.1) is 12.6 Å². The van der Waals surface area contributed by atoms with Gasteiger partial charge < -0.3 is 24.8 Å². The summed E-state index contributed by atoms with van der Waals surface area (Å²) in [5.74, 6) is 0.667. The summed E-state index contributed by atoms with van der Waals surface area (Å²) in [7, 11) is 0. The SMILES string of the molecule is CCNC(=NCc1cc(Cl)ccc1OC(F)F)NCCCOC1CCOCC1. The van der Waals surface area contributed by atoms with E-state index in [1.165, 1.54) is 12.1 Å². The van der Waals surface area contributed by atoms with Crippen molar-refractivity contribution >= 4 is 17.6 Å². The number of nitrogens with one attached hydrogen (secondary N) is 2. The van der Waals surface area contributed by atoms with Crippen LogP contribution < -0.4 is 15.4 Å². The summed E-state index contributed by atoms with van der Waals surface area (Å²) in [5, 5.41) is 6.78. The lowest BCUT2D eigenvalue weighted by molar-refractivity contribution is -0.0504. The average Bonchev–Trinajstić information content (AvgIpc) is 2.68. The van der Waals surface area contributed by atoms with Crippen molar-refractivity contribution in [3.8, 4) is 5.75 Å². The van der Waals surface area contributed by atoms with Crippen LogP contribution in [0.15, 0.2) is 23.2 Å². The fourth-order valence-corrected chi connectivity index (χ4v) is 2.95. The molecule has 158 valence electrons. The Bertz CT molecular complexity index is 614. The van der Waals surface area contributed by atoms with Crippen LogP contribution in [-0.4, -0.2) is 51.6 Å². The van der Waals surface area contributed by atoms with E-state index in [9.17, 15) is 8.78 Å². The minimum atomic E-state index is -2.90. The summed E-state index contributed by atoms with van der Waals surface area (Å²) in [6, 6.07) is 4.51. The first-order valence-electron chi connectivity index (χ1n) is 9.53. The van der Waals surface area contributed by atoms with Crippen LogP contribution in [0.1, 0.15) is 31.7 Å². The maximum atomic E-state index is 12.6. The summed E-state index contributed by atoms with van der Waals surface area (Å²) in [5.41, 5.74) is 0.493. The van der Waals surface area contributed by atoms with Crippen LogP contribution in [0.5, 0.6) is 5.75 Å². The number of hydrogen-bond donors (Lipinski definition) is 2. The minimum absolute atomic E-state index is 0.0730. The minimum Gasteiger partial charge on any atom is -0.434 e. The van der Waals surface area contributed by atoms with Gasteiger partial charge in [0.25, 0.3) is 0 Å². The fourth-order valence-electron chi connectivity index (χ4n) is 2.76. The van der Waals surface area contributed by atoms with Crippen LogP contribution in [0.4, 0.5) is 8.78 Å². The summed E-state index contributed by atoms with van der Waals surface area (Å²) < 4.78 is 40.8. The lowest BCUT2D eigenvalue weighted by Crippen LogP contribution is -2.38. The largest absolute Gasteiger partial charge is 0.434 e. The predicted octanol–water partition coefficient (Wildman–Crippen LogP) is 3.58. The molecule has 0 aliphatic carbocycles. The normalized spacial score (nSPS) is 15.7. The van der Waals surface area contributed by atoms with E-state index in [4.69, 9.17) is 21.1 Å². The highest BCUT2D eigenvalue weighted by Crippen LogP contribution is 2.25. The van der Waals surface area contributed by atoms with E-state index in [0.29, 0.717) is 36.2 Å². The molecule has 0 aromatic heterocycles. The monoisotopic (exact) mass is 419 g/mol. The van der Waals surface area contributed by atoms with Gasteiger partial charge in [-0.15, -0.1) is 0 Å². The lowest BCUT2D eigenvalue weighted by Gasteiger charge is -2.22. The Hall–Kier alpha value is -1.64. The Morgan fingerprint density at radius 3 is 2.82 bits per heavy atom. The molecule has 0 amide bonds. The van der Waals surface area contributed by atoms with Gasteiger partial charge in [-0.1, -0.05) is 11.6 Å². The molecule has 1 heterocycles. The first-order chi connectivity index (χ1) is 13.6. The van der Waals surface area contributed by atoms with E-state index in [2.05, 4.69) is 20.4 Å². The van der Waals surface area contributed by atoms with Gasteiger partial charge in [0.2, 0.25) is 0 Å². The number of ether oxygens (including phenoxy) is 3. The third-order valence-electron chi connectivity index (χ3n) is 4.13. The Morgan fingerprint density at radius 1 is 1.32 bits per heavy atom. The van der Waals surface area contributed by atoms with Crippen molar-refractivity contribution in [2.45, 2.75) is 45.4 Å². The van der Waals surface area contributed by atoms with Crippen LogP contribution in [0, 0.1) is 0 Å². The van der Waals surface area contributed by atoms with Crippen molar-refractivity contribution in [2.75, 3.05) is 32.9 Å². The molecule has 0 unspecified atom stereocenters. The van der Waals surface area contributed by atoms with Gasteiger partial charge in [-0.3, -0.25) is 0 Å². The van der Waals surface area contributed by atoms with Crippen LogP contribution in [0.3, 0.4) is 0 Å². The molecule has 1 fully saturated rings. The zero-order valence-electron chi connectivity index (χ0n) is 16.1. The molecule has 1 saturated heterocycles. The molecule has 2 N–H and O–H groups in total. The third-order valence-corrected chi connectivity index (χ3v) is 4.36. The van der Waals surface area contributed by atoms with Gasteiger partial charge >= 0.3 is 6.61 Å². The van der Waals surface area contributed by atoms with E-state index in [1.807, 2.05) is 6.92 Å². The van der Waals surface area contributed by atoms with Crippen LogP contribution >= 0.6 is 11.6 Å². The van der Waals surface area contributed by atoms with E-state index in [-0.39, 0.29) is 18.4 Å². The van der Waals surface area contributed by atoms with Crippen LogP contribution in [0.2, 0.25) is 5.02 Å². The molecule has 28 heavy (non-hydrogen) atoms. The standard InChI is InChI=1S/C19H28ClF2N3O3/c1-2-23-19(24-8-3-9-27-16-6-10-26-11-7-16)25-13-14-12-15(20)4-5-17(14)28-18(21)22/h4-5,12,16,18H,2-3,6-11,13H2,1H3,(H2,23,24,25). The molecule has 0 bridgehead atoms. The van der Waals surface area contributed by atoms with Crippen molar-refractivity contribution in [1.82, 2.24) is 10.6 Å². The Labute approximate surface area is 169 Å². The smallest absolute Gasteiger partial charge is 0.387 e. The number of guanidine groups is 1. The molecule has 1 aromatic rings. The van der Waals surface area contributed by atoms with Crippen molar-refractivity contribution in [3.63, 3.8) is 0 Å². The van der Waals surface area contributed by atoms with Crippen molar-refractivity contribution in [3.05, 3.63) is 28.8 Å². The molecular weight excluding hydrogens is 392 g/mol. The fraction of sp³-hybridized carbons (Fsp3) is 0.632. The van der Waals surface area contributed by atoms with Gasteiger partial charge in [0.1, 0.15) is 5.75 Å². The van der Waals surface area contributed by atoms with E-state index >= 15 is 0 Å². The van der Waals surface area contributed by atoms with Crippen molar-refractivity contribution in [2.24, 2.45) is 4.99 Å². The molecular formula is C19H28ClF2N3O3. The second-order valence-electron chi connectivity index (χ2n) is 6.29. The molecule has 6 nitrogen and oxygen atoms in total. The summed E-state index contributed by atoms with van der Waals surface area (Å²) in [6.45, 7) is 2.78. The highest BCUT2D eigenvalue weighted by Gasteiger charge is 2.13. The second kappa shape index (κ2) is 12.7. The topological polar surface area (TPSA) is 64.1 Å². The quantitative estimate of drug-likeness (QED) is 0.345.